The van der Waals surface area contributed by atoms with Gasteiger partial charge in [-0.1, -0.05) is 12.1 Å². The summed E-state index contributed by atoms with van der Waals surface area (Å²) < 4.78 is 10.8. The summed E-state index contributed by atoms with van der Waals surface area (Å²) in [6, 6.07) is 8.66. The minimum absolute atomic E-state index is 0.338. The van der Waals surface area contributed by atoms with Crippen LogP contribution in [0.15, 0.2) is 24.3 Å². The van der Waals surface area contributed by atoms with Crippen LogP contribution in [-0.2, 0) is 4.74 Å². The van der Waals surface area contributed by atoms with Gasteiger partial charge in [0, 0.05) is 25.7 Å². The number of hydrogen-bond acceptors (Lipinski definition) is 4. The molecule has 0 radical (unpaired) electrons. The summed E-state index contributed by atoms with van der Waals surface area (Å²) in [6.45, 7) is 3.95. The van der Waals surface area contributed by atoms with Gasteiger partial charge in [-0.3, -0.25) is 0 Å². The molecule has 1 saturated heterocycles. The first kappa shape index (κ1) is 16.3. The SMILES string of the molecule is CNC(CN(C)CC1CCCOC1)c1ccc(OC)cc1. The van der Waals surface area contributed by atoms with Gasteiger partial charge in [-0.25, -0.2) is 0 Å². The molecule has 0 bridgehead atoms. The van der Waals surface area contributed by atoms with E-state index in [1.165, 1.54) is 18.4 Å². The minimum atomic E-state index is 0.338. The molecule has 0 aliphatic carbocycles. The molecule has 1 aliphatic heterocycles. The Morgan fingerprint density at radius 2 is 2.14 bits per heavy atom. The maximum absolute atomic E-state index is 5.57. The van der Waals surface area contributed by atoms with Crippen LogP contribution in [0, 0.1) is 5.92 Å². The van der Waals surface area contributed by atoms with Crippen molar-refractivity contribution in [3.05, 3.63) is 29.8 Å². The Bertz CT molecular complexity index is 402. The van der Waals surface area contributed by atoms with Crippen LogP contribution in [0.3, 0.4) is 0 Å². The monoisotopic (exact) mass is 292 g/mol. The van der Waals surface area contributed by atoms with E-state index in [9.17, 15) is 0 Å². The van der Waals surface area contributed by atoms with Gasteiger partial charge in [0.2, 0.25) is 0 Å². The molecule has 1 fully saturated rings. The first-order valence-electron chi connectivity index (χ1n) is 7.80. The van der Waals surface area contributed by atoms with Gasteiger partial charge >= 0.3 is 0 Å². The van der Waals surface area contributed by atoms with Gasteiger partial charge in [0.15, 0.2) is 0 Å². The fraction of sp³-hybridized carbons (Fsp3) is 0.647. The molecule has 0 spiro atoms. The average Bonchev–Trinajstić information content (AvgIpc) is 2.53. The molecule has 0 amide bonds. The lowest BCUT2D eigenvalue weighted by molar-refractivity contribution is 0.0410. The van der Waals surface area contributed by atoms with Gasteiger partial charge in [-0.05, 0) is 50.6 Å². The number of hydrogen-bond donors (Lipinski definition) is 1. The third-order valence-electron chi connectivity index (χ3n) is 4.19. The zero-order valence-electron chi connectivity index (χ0n) is 13.5. The molecular formula is C17H28N2O2. The second-order valence-corrected chi connectivity index (χ2v) is 5.92. The molecule has 118 valence electrons. The lowest BCUT2D eigenvalue weighted by Gasteiger charge is -2.29. The topological polar surface area (TPSA) is 33.7 Å². The number of benzene rings is 1. The molecule has 0 saturated carbocycles. The first-order valence-corrected chi connectivity index (χ1v) is 7.80. The number of ether oxygens (including phenoxy) is 2. The predicted molar refractivity (Wildman–Crippen MR) is 85.8 cm³/mol. The Morgan fingerprint density at radius 1 is 1.38 bits per heavy atom. The molecule has 1 N–H and O–H groups in total. The zero-order chi connectivity index (χ0) is 15.1. The minimum Gasteiger partial charge on any atom is -0.497 e. The van der Waals surface area contributed by atoms with Gasteiger partial charge in [0.05, 0.1) is 13.7 Å². The van der Waals surface area contributed by atoms with Crippen molar-refractivity contribution in [2.75, 3.05) is 47.5 Å². The van der Waals surface area contributed by atoms with Crippen molar-refractivity contribution in [1.82, 2.24) is 10.2 Å². The molecule has 1 heterocycles. The number of methoxy groups -OCH3 is 1. The van der Waals surface area contributed by atoms with Crippen LogP contribution >= 0.6 is 0 Å². The second-order valence-electron chi connectivity index (χ2n) is 5.92. The van der Waals surface area contributed by atoms with Gasteiger partial charge in [-0.2, -0.15) is 0 Å². The lowest BCUT2D eigenvalue weighted by Crippen LogP contribution is -2.36. The molecule has 2 unspecified atom stereocenters. The summed E-state index contributed by atoms with van der Waals surface area (Å²) in [7, 11) is 5.92. The summed E-state index contributed by atoms with van der Waals surface area (Å²) in [5.41, 5.74) is 1.30. The molecule has 2 rings (SSSR count). The fourth-order valence-corrected chi connectivity index (χ4v) is 2.98. The van der Waals surface area contributed by atoms with E-state index in [2.05, 4.69) is 29.4 Å². The van der Waals surface area contributed by atoms with Gasteiger partial charge < -0.3 is 19.7 Å². The Kier molecular flexibility index (Phi) is 6.49. The lowest BCUT2D eigenvalue weighted by atomic mass is 10.0. The van der Waals surface area contributed by atoms with E-state index in [0.717, 1.165) is 32.1 Å². The van der Waals surface area contributed by atoms with Crippen LogP contribution in [0.25, 0.3) is 0 Å². The van der Waals surface area contributed by atoms with E-state index in [-0.39, 0.29) is 0 Å². The molecule has 21 heavy (non-hydrogen) atoms. The number of likely N-dealkylation sites (N-methyl/N-ethyl adjacent to an activating group) is 2. The molecule has 4 nitrogen and oxygen atoms in total. The molecule has 1 aromatic carbocycles. The van der Waals surface area contributed by atoms with Crippen LogP contribution in [0.5, 0.6) is 5.75 Å². The summed E-state index contributed by atoms with van der Waals surface area (Å²) in [4.78, 5) is 2.41. The van der Waals surface area contributed by atoms with Crippen LogP contribution in [-0.4, -0.2) is 52.4 Å². The third-order valence-corrected chi connectivity index (χ3v) is 4.19. The molecular weight excluding hydrogens is 264 g/mol. The highest BCUT2D eigenvalue weighted by Crippen LogP contribution is 2.20. The maximum Gasteiger partial charge on any atom is 0.118 e. The van der Waals surface area contributed by atoms with E-state index in [1.807, 2.05) is 19.2 Å². The highest BCUT2D eigenvalue weighted by atomic mass is 16.5. The molecule has 1 aromatic rings. The maximum atomic E-state index is 5.57. The van der Waals surface area contributed by atoms with Crippen molar-refractivity contribution in [2.24, 2.45) is 5.92 Å². The Hall–Kier alpha value is -1.10. The van der Waals surface area contributed by atoms with Crippen LogP contribution < -0.4 is 10.1 Å². The molecule has 2 atom stereocenters. The standard InChI is InChI=1S/C17H28N2O2/c1-18-17(15-6-8-16(20-3)9-7-15)12-19(2)11-14-5-4-10-21-13-14/h6-9,14,17-18H,4-5,10-13H2,1-3H3. The Balaban J connectivity index is 1.87. The highest BCUT2D eigenvalue weighted by Gasteiger charge is 2.18. The van der Waals surface area contributed by atoms with Crippen LogP contribution in [0.2, 0.25) is 0 Å². The Labute approximate surface area is 128 Å². The molecule has 1 aliphatic rings. The van der Waals surface area contributed by atoms with Crippen LogP contribution in [0.4, 0.5) is 0 Å². The fourth-order valence-electron chi connectivity index (χ4n) is 2.98. The largest absolute Gasteiger partial charge is 0.497 e. The normalized spacial score (nSPS) is 20.5. The average molecular weight is 292 g/mol. The van der Waals surface area contributed by atoms with Crippen molar-refractivity contribution in [1.29, 1.82) is 0 Å². The summed E-state index contributed by atoms with van der Waals surface area (Å²) in [5, 5.41) is 3.41. The quantitative estimate of drug-likeness (QED) is 0.836. The molecule has 0 aromatic heterocycles. The highest BCUT2D eigenvalue weighted by molar-refractivity contribution is 5.29. The second kappa shape index (κ2) is 8.37. The van der Waals surface area contributed by atoms with Crippen molar-refractivity contribution in [2.45, 2.75) is 18.9 Å². The number of rotatable bonds is 7. The van der Waals surface area contributed by atoms with Crippen molar-refractivity contribution in [3.63, 3.8) is 0 Å². The summed E-state index contributed by atoms with van der Waals surface area (Å²) in [5.74, 6) is 1.58. The van der Waals surface area contributed by atoms with E-state index < -0.39 is 0 Å². The summed E-state index contributed by atoms with van der Waals surface area (Å²) in [6.07, 6.45) is 2.49. The first-order chi connectivity index (χ1) is 10.2. The van der Waals surface area contributed by atoms with Crippen LogP contribution in [0.1, 0.15) is 24.4 Å². The number of nitrogens with zero attached hydrogens (tertiary/aromatic N) is 1. The smallest absolute Gasteiger partial charge is 0.118 e. The Morgan fingerprint density at radius 3 is 2.71 bits per heavy atom. The van der Waals surface area contributed by atoms with Crippen molar-refractivity contribution < 1.29 is 9.47 Å². The number of nitrogens with one attached hydrogen (secondary N) is 1. The van der Waals surface area contributed by atoms with Gasteiger partial charge in [-0.15, -0.1) is 0 Å². The van der Waals surface area contributed by atoms with Gasteiger partial charge in [0.25, 0.3) is 0 Å². The zero-order valence-corrected chi connectivity index (χ0v) is 13.5. The van der Waals surface area contributed by atoms with E-state index in [1.54, 1.807) is 7.11 Å². The van der Waals surface area contributed by atoms with Crippen molar-refractivity contribution >= 4 is 0 Å². The van der Waals surface area contributed by atoms with E-state index in [4.69, 9.17) is 9.47 Å². The van der Waals surface area contributed by atoms with Gasteiger partial charge in [0.1, 0.15) is 5.75 Å². The third kappa shape index (κ3) is 4.99. The summed E-state index contributed by atoms with van der Waals surface area (Å²) >= 11 is 0. The van der Waals surface area contributed by atoms with E-state index in [0.29, 0.717) is 12.0 Å². The van der Waals surface area contributed by atoms with E-state index >= 15 is 0 Å². The predicted octanol–water partition coefficient (Wildman–Crippen LogP) is 2.31. The molecule has 4 heteroatoms. The van der Waals surface area contributed by atoms with Crippen molar-refractivity contribution in [3.8, 4) is 5.75 Å².